The summed E-state index contributed by atoms with van der Waals surface area (Å²) in [6.07, 6.45) is 2.85. The van der Waals surface area contributed by atoms with E-state index >= 15 is 0 Å². The third-order valence-corrected chi connectivity index (χ3v) is 2.32. The standard InChI is InChI=1S/C12H7N3O/c16-11-6-9-10(7-13-11)15-12(14-9)8-4-2-1-3-5-8/h1-7H. The number of allylic oxidation sites excluding steroid dienone is 1. The van der Waals surface area contributed by atoms with Gasteiger partial charge in [-0.15, -0.1) is 0 Å². The lowest BCUT2D eigenvalue weighted by Crippen LogP contribution is -2.08. The average molecular weight is 209 g/mol. The van der Waals surface area contributed by atoms with Crippen molar-refractivity contribution in [3.8, 4) is 0 Å². The molecule has 1 aromatic carbocycles. The van der Waals surface area contributed by atoms with Crippen molar-refractivity contribution in [3.05, 3.63) is 47.7 Å². The molecule has 0 unspecified atom stereocenters. The summed E-state index contributed by atoms with van der Waals surface area (Å²) < 4.78 is 0. The molecule has 1 amide bonds. The number of fused-ring (bicyclic) bond motifs is 1. The van der Waals surface area contributed by atoms with E-state index in [-0.39, 0.29) is 5.91 Å². The lowest BCUT2D eigenvalue weighted by molar-refractivity contribution is -0.113. The van der Waals surface area contributed by atoms with Crippen molar-refractivity contribution in [3.63, 3.8) is 0 Å². The fourth-order valence-corrected chi connectivity index (χ4v) is 1.56. The molecule has 0 radical (unpaired) electrons. The molecule has 3 rings (SSSR count). The number of nitrogens with zero attached hydrogens (tertiary/aromatic N) is 3. The van der Waals surface area contributed by atoms with E-state index in [0.717, 1.165) is 5.56 Å². The molecule has 2 aliphatic rings. The monoisotopic (exact) mass is 209 g/mol. The van der Waals surface area contributed by atoms with E-state index in [1.54, 1.807) is 0 Å². The highest BCUT2D eigenvalue weighted by atomic mass is 16.1. The Kier molecular flexibility index (Phi) is 1.86. The second-order valence-electron chi connectivity index (χ2n) is 3.42. The highest BCUT2D eigenvalue weighted by molar-refractivity contribution is 6.46. The number of amides is 1. The van der Waals surface area contributed by atoms with Gasteiger partial charge in [0, 0.05) is 11.6 Å². The van der Waals surface area contributed by atoms with E-state index in [9.17, 15) is 4.79 Å². The first kappa shape index (κ1) is 8.91. The number of aliphatic imine (C=N–C) groups is 3. The summed E-state index contributed by atoms with van der Waals surface area (Å²) in [6, 6.07) is 9.64. The van der Waals surface area contributed by atoms with Gasteiger partial charge in [-0.3, -0.25) is 4.79 Å². The van der Waals surface area contributed by atoms with Crippen LogP contribution in [0.2, 0.25) is 0 Å². The Morgan fingerprint density at radius 2 is 1.81 bits per heavy atom. The van der Waals surface area contributed by atoms with Crippen molar-refractivity contribution in [2.45, 2.75) is 0 Å². The third kappa shape index (κ3) is 1.40. The molecule has 4 nitrogen and oxygen atoms in total. The first-order valence-corrected chi connectivity index (χ1v) is 4.86. The van der Waals surface area contributed by atoms with Crippen LogP contribution in [-0.2, 0) is 4.79 Å². The van der Waals surface area contributed by atoms with E-state index in [1.807, 2.05) is 30.3 Å². The SMILES string of the molecule is O=C1C=C2N=C(c3ccccc3)N=C2C=N1. The normalized spacial score (nSPS) is 17.8. The summed E-state index contributed by atoms with van der Waals surface area (Å²) in [5.74, 6) is 0.343. The molecule has 16 heavy (non-hydrogen) atoms. The van der Waals surface area contributed by atoms with Crippen LogP contribution < -0.4 is 0 Å². The van der Waals surface area contributed by atoms with Gasteiger partial charge in [-0.05, 0) is 0 Å². The van der Waals surface area contributed by atoms with Crippen molar-refractivity contribution in [2.24, 2.45) is 15.0 Å². The molecule has 0 saturated heterocycles. The van der Waals surface area contributed by atoms with E-state index < -0.39 is 0 Å². The number of carbonyl (C=O) groups is 1. The highest BCUT2D eigenvalue weighted by Crippen LogP contribution is 2.16. The molecule has 0 aromatic heterocycles. The van der Waals surface area contributed by atoms with Crippen LogP contribution in [0.25, 0.3) is 0 Å². The molecule has 0 aliphatic carbocycles. The first-order chi connectivity index (χ1) is 7.83. The zero-order valence-corrected chi connectivity index (χ0v) is 8.29. The molecule has 0 atom stereocenters. The zero-order valence-electron chi connectivity index (χ0n) is 8.29. The molecule has 2 heterocycles. The summed E-state index contributed by atoms with van der Waals surface area (Å²) in [6.45, 7) is 0. The number of rotatable bonds is 1. The van der Waals surface area contributed by atoms with Gasteiger partial charge in [-0.1, -0.05) is 30.3 Å². The Morgan fingerprint density at radius 1 is 1.00 bits per heavy atom. The van der Waals surface area contributed by atoms with Gasteiger partial charge in [-0.25, -0.2) is 15.0 Å². The van der Waals surface area contributed by atoms with Crippen molar-refractivity contribution in [2.75, 3.05) is 0 Å². The molecule has 0 spiro atoms. The van der Waals surface area contributed by atoms with Crippen molar-refractivity contribution in [1.82, 2.24) is 0 Å². The van der Waals surface area contributed by atoms with Crippen LogP contribution in [0.5, 0.6) is 0 Å². The molecular weight excluding hydrogens is 202 g/mol. The quantitative estimate of drug-likeness (QED) is 0.689. The minimum atomic E-state index is -0.285. The van der Waals surface area contributed by atoms with Crippen molar-refractivity contribution in [1.29, 1.82) is 0 Å². The maximum atomic E-state index is 11.1. The van der Waals surface area contributed by atoms with Gasteiger partial charge >= 0.3 is 0 Å². The Hall–Kier alpha value is -2.36. The first-order valence-electron chi connectivity index (χ1n) is 4.86. The Balaban J connectivity index is 2.05. The second-order valence-corrected chi connectivity index (χ2v) is 3.42. The summed E-state index contributed by atoms with van der Waals surface area (Å²) in [4.78, 5) is 23.3. The lowest BCUT2D eigenvalue weighted by atomic mass is 10.2. The fraction of sp³-hybridized carbons (Fsp3) is 0. The number of benzene rings is 1. The van der Waals surface area contributed by atoms with Crippen molar-refractivity contribution < 1.29 is 4.79 Å². The molecule has 0 N–H and O–H groups in total. The maximum Gasteiger partial charge on any atom is 0.271 e. The smallest absolute Gasteiger partial charge is 0.267 e. The van der Waals surface area contributed by atoms with Gasteiger partial charge in [0.15, 0.2) is 5.84 Å². The molecule has 4 heteroatoms. The molecule has 1 aromatic rings. The number of carbonyl (C=O) groups excluding carboxylic acids is 1. The van der Waals surface area contributed by atoms with Gasteiger partial charge in [0.05, 0.1) is 11.9 Å². The van der Waals surface area contributed by atoms with Crippen LogP contribution in [0.1, 0.15) is 5.56 Å². The Morgan fingerprint density at radius 3 is 2.62 bits per heavy atom. The number of hydrogen-bond donors (Lipinski definition) is 0. The molecule has 0 saturated carbocycles. The molecule has 2 aliphatic heterocycles. The summed E-state index contributed by atoms with van der Waals surface area (Å²) in [5, 5.41) is 0. The van der Waals surface area contributed by atoms with Crippen molar-refractivity contribution >= 4 is 23.7 Å². The van der Waals surface area contributed by atoms with Gasteiger partial charge in [0.25, 0.3) is 5.91 Å². The maximum absolute atomic E-state index is 11.1. The van der Waals surface area contributed by atoms with Crippen LogP contribution in [0, 0.1) is 0 Å². The number of amidine groups is 1. The third-order valence-electron chi connectivity index (χ3n) is 2.32. The molecular formula is C12H7N3O. The van der Waals surface area contributed by atoms with Crippen LogP contribution in [0.15, 0.2) is 57.1 Å². The van der Waals surface area contributed by atoms with Crippen LogP contribution in [0.3, 0.4) is 0 Å². The lowest BCUT2D eigenvalue weighted by Gasteiger charge is -1.96. The van der Waals surface area contributed by atoms with Crippen LogP contribution in [-0.4, -0.2) is 23.7 Å². The predicted octanol–water partition coefficient (Wildman–Crippen LogP) is 1.38. The van der Waals surface area contributed by atoms with Gasteiger partial charge in [-0.2, -0.15) is 0 Å². The second kappa shape index (κ2) is 3.34. The summed E-state index contributed by atoms with van der Waals surface area (Å²) in [5.41, 5.74) is 2.18. The molecule has 76 valence electrons. The van der Waals surface area contributed by atoms with Gasteiger partial charge < -0.3 is 0 Å². The van der Waals surface area contributed by atoms with Gasteiger partial charge in [0.2, 0.25) is 0 Å². The fourth-order valence-electron chi connectivity index (χ4n) is 1.56. The van der Waals surface area contributed by atoms with E-state index in [1.165, 1.54) is 12.3 Å². The Bertz CT molecular complexity index is 580. The average Bonchev–Trinajstić information content (AvgIpc) is 2.73. The minimum Gasteiger partial charge on any atom is -0.267 e. The largest absolute Gasteiger partial charge is 0.271 e. The van der Waals surface area contributed by atoms with E-state index in [2.05, 4.69) is 15.0 Å². The van der Waals surface area contributed by atoms with Crippen LogP contribution in [0.4, 0.5) is 0 Å². The summed E-state index contributed by atoms with van der Waals surface area (Å²) >= 11 is 0. The van der Waals surface area contributed by atoms with Crippen LogP contribution >= 0.6 is 0 Å². The molecule has 0 bridgehead atoms. The van der Waals surface area contributed by atoms with Gasteiger partial charge in [0.1, 0.15) is 5.71 Å². The van der Waals surface area contributed by atoms with E-state index in [4.69, 9.17) is 0 Å². The number of dihydropyridines is 1. The highest BCUT2D eigenvalue weighted by Gasteiger charge is 2.19. The zero-order chi connectivity index (χ0) is 11.0. The Labute approximate surface area is 91.8 Å². The minimum absolute atomic E-state index is 0.285. The number of hydrogen-bond acceptors (Lipinski definition) is 3. The topological polar surface area (TPSA) is 54.1 Å². The van der Waals surface area contributed by atoms with E-state index in [0.29, 0.717) is 17.2 Å². The molecule has 0 fully saturated rings. The summed E-state index contributed by atoms with van der Waals surface area (Å²) in [7, 11) is 0. The predicted molar refractivity (Wildman–Crippen MR) is 62.0 cm³/mol.